The number of methoxy groups -OCH3 is 3. The van der Waals surface area contributed by atoms with E-state index in [1.807, 2.05) is 12.1 Å². The smallest absolute Gasteiger partial charge is 0.171 e. The van der Waals surface area contributed by atoms with E-state index in [1.54, 1.807) is 21.3 Å². The van der Waals surface area contributed by atoms with Crippen molar-refractivity contribution >= 4 is 0 Å². The third-order valence-corrected chi connectivity index (χ3v) is 3.12. The van der Waals surface area contributed by atoms with Gasteiger partial charge in [0.2, 0.25) is 0 Å². The lowest BCUT2D eigenvalue weighted by atomic mass is 10.1. The maximum Gasteiger partial charge on any atom is 0.171 e. The van der Waals surface area contributed by atoms with Gasteiger partial charge in [-0.15, -0.1) is 0 Å². The maximum absolute atomic E-state index is 5.24. The minimum atomic E-state index is -0.224. The van der Waals surface area contributed by atoms with Crippen molar-refractivity contribution in [2.75, 3.05) is 21.3 Å². The number of hydrogen-bond acceptors (Lipinski definition) is 4. The van der Waals surface area contributed by atoms with Gasteiger partial charge in [-0.3, -0.25) is 0 Å². The van der Waals surface area contributed by atoms with Crippen LogP contribution in [0.5, 0.6) is 5.75 Å². The molecule has 2 unspecified atom stereocenters. The molecular weight excluding hydrogens is 242 g/mol. The molecule has 2 atom stereocenters. The van der Waals surface area contributed by atoms with E-state index in [1.165, 1.54) is 5.56 Å². The molecule has 4 nitrogen and oxygen atoms in total. The van der Waals surface area contributed by atoms with Gasteiger partial charge in [-0.05, 0) is 38.0 Å². The van der Waals surface area contributed by atoms with Gasteiger partial charge < -0.3 is 19.5 Å². The summed E-state index contributed by atoms with van der Waals surface area (Å²) in [6.07, 6.45) is 0.729. The topological polar surface area (TPSA) is 39.7 Å². The van der Waals surface area contributed by atoms with Crippen molar-refractivity contribution in [3.63, 3.8) is 0 Å². The van der Waals surface area contributed by atoms with E-state index in [0.29, 0.717) is 6.04 Å². The van der Waals surface area contributed by atoms with Gasteiger partial charge in [-0.2, -0.15) is 0 Å². The molecule has 1 rings (SSSR count). The summed E-state index contributed by atoms with van der Waals surface area (Å²) in [6.45, 7) is 4.21. The fourth-order valence-electron chi connectivity index (χ4n) is 2.21. The molecule has 0 aliphatic heterocycles. The third kappa shape index (κ3) is 5.19. The molecule has 4 heteroatoms. The molecule has 108 valence electrons. The van der Waals surface area contributed by atoms with E-state index >= 15 is 0 Å². The van der Waals surface area contributed by atoms with Gasteiger partial charge in [0.15, 0.2) is 6.29 Å². The highest BCUT2D eigenvalue weighted by Crippen LogP contribution is 2.13. The number of ether oxygens (including phenoxy) is 3. The Bertz CT molecular complexity index is 349. The Morgan fingerprint density at radius 2 is 1.58 bits per heavy atom. The fraction of sp³-hybridized carbons (Fsp3) is 0.600. The van der Waals surface area contributed by atoms with E-state index in [4.69, 9.17) is 14.2 Å². The lowest BCUT2D eigenvalue weighted by molar-refractivity contribution is -0.120. The molecule has 0 radical (unpaired) electrons. The molecule has 0 amide bonds. The van der Waals surface area contributed by atoms with Gasteiger partial charge in [0.25, 0.3) is 0 Å². The van der Waals surface area contributed by atoms with E-state index < -0.39 is 0 Å². The number of hydrogen-bond donors (Lipinski definition) is 1. The molecule has 0 fully saturated rings. The molecule has 1 aromatic rings. The zero-order chi connectivity index (χ0) is 14.3. The van der Waals surface area contributed by atoms with Gasteiger partial charge in [-0.25, -0.2) is 0 Å². The Morgan fingerprint density at radius 3 is 2.05 bits per heavy atom. The molecule has 0 spiro atoms. The predicted octanol–water partition coefficient (Wildman–Crippen LogP) is 2.22. The molecule has 0 aliphatic carbocycles. The largest absolute Gasteiger partial charge is 0.497 e. The summed E-state index contributed by atoms with van der Waals surface area (Å²) in [5.74, 6) is 0.886. The Hall–Kier alpha value is -1.10. The van der Waals surface area contributed by atoms with Crippen molar-refractivity contribution in [2.45, 2.75) is 38.6 Å². The normalized spacial score (nSPS) is 14.4. The van der Waals surface area contributed by atoms with E-state index in [-0.39, 0.29) is 12.3 Å². The fourth-order valence-corrected chi connectivity index (χ4v) is 2.21. The van der Waals surface area contributed by atoms with Gasteiger partial charge >= 0.3 is 0 Å². The van der Waals surface area contributed by atoms with Crippen LogP contribution in [0.4, 0.5) is 0 Å². The Kier molecular flexibility index (Phi) is 6.84. The first-order valence-electron chi connectivity index (χ1n) is 6.55. The summed E-state index contributed by atoms with van der Waals surface area (Å²) in [4.78, 5) is 0. The number of nitrogens with one attached hydrogen (secondary N) is 1. The van der Waals surface area contributed by atoms with Crippen molar-refractivity contribution in [1.82, 2.24) is 5.32 Å². The Balaban J connectivity index is 2.47. The molecule has 19 heavy (non-hydrogen) atoms. The summed E-state index contributed by atoms with van der Waals surface area (Å²) in [7, 11) is 4.98. The number of benzene rings is 1. The van der Waals surface area contributed by atoms with Gasteiger partial charge in [-0.1, -0.05) is 12.1 Å². The quantitative estimate of drug-likeness (QED) is 0.733. The molecule has 0 saturated carbocycles. The molecule has 0 bridgehead atoms. The maximum atomic E-state index is 5.24. The zero-order valence-corrected chi connectivity index (χ0v) is 12.5. The van der Waals surface area contributed by atoms with Crippen molar-refractivity contribution in [1.29, 1.82) is 0 Å². The minimum absolute atomic E-state index is 0.142. The Labute approximate surface area is 116 Å². The second-order valence-corrected chi connectivity index (χ2v) is 4.75. The first-order chi connectivity index (χ1) is 9.10. The van der Waals surface area contributed by atoms with Crippen LogP contribution in [0.25, 0.3) is 0 Å². The molecule has 0 saturated heterocycles. The summed E-state index contributed by atoms with van der Waals surface area (Å²) < 4.78 is 15.6. The van der Waals surface area contributed by atoms with Crippen LogP contribution in [-0.2, 0) is 15.9 Å². The molecular formula is C15H25NO3. The van der Waals surface area contributed by atoms with Crippen molar-refractivity contribution in [2.24, 2.45) is 0 Å². The lowest BCUT2D eigenvalue weighted by Gasteiger charge is -2.25. The highest BCUT2D eigenvalue weighted by molar-refractivity contribution is 5.27. The minimum Gasteiger partial charge on any atom is -0.497 e. The monoisotopic (exact) mass is 267 g/mol. The standard InChI is InChI=1S/C15H25NO3/c1-11(16-12(2)15(18-4)19-5)10-13-6-8-14(17-3)9-7-13/h6-9,11-12,15-16H,10H2,1-5H3. The summed E-state index contributed by atoms with van der Waals surface area (Å²) in [5, 5.41) is 3.48. The van der Waals surface area contributed by atoms with Crippen LogP contribution >= 0.6 is 0 Å². The molecule has 0 aliphatic rings. The van der Waals surface area contributed by atoms with Crippen LogP contribution in [0, 0.1) is 0 Å². The van der Waals surface area contributed by atoms with E-state index in [0.717, 1.165) is 12.2 Å². The van der Waals surface area contributed by atoms with Crippen LogP contribution in [0.1, 0.15) is 19.4 Å². The van der Waals surface area contributed by atoms with E-state index in [2.05, 4.69) is 31.3 Å². The average molecular weight is 267 g/mol. The molecule has 0 heterocycles. The average Bonchev–Trinajstić information content (AvgIpc) is 2.40. The summed E-state index contributed by atoms with van der Waals surface area (Å²) in [6, 6.07) is 8.63. The van der Waals surface area contributed by atoms with Crippen LogP contribution < -0.4 is 10.1 Å². The summed E-state index contributed by atoms with van der Waals surface area (Å²) in [5.41, 5.74) is 1.28. The van der Waals surface area contributed by atoms with Crippen LogP contribution in [0.15, 0.2) is 24.3 Å². The Morgan fingerprint density at radius 1 is 1.00 bits per heavy atom. The highest BCUT2D eigenvalue weighted by Gasteiger charge is 2.17. The predicted molar refractivity (Wildman–Crippen MR) is 76.6 cm³/mol. The van der Waals surface area contributed by atoms with Crippen molar-refractivity contribution < 1.29 is 14.2 Å². The zero-order valence-electron chi connectivity index (χ0n) is 12.5. The first-order valence-corrected chi connectivity index (χ1v) is 6.55. The SMILES string of the molecule is COc1ccc(CC(C)NC(C)C(OC)OC)cc1. The van der Waals surface area contributed by atoms with Gasteiger partial charge in [0.05, 0.1) is 13.2 Å². The molecule has 1 N–H and O–H groups in total. The van der Waals surface area contributed by atoms with Gasteiger partial charge in [0, 0.05) is 20.3 Å². The van der Waals surface area contributed by atoms with Gasteiger partial charge in [0.1, 0.15) is 5.75 Å². The summed E-state index contributed by atoms with van der Waals surface area (Å²) >= 11 is 0. The van der Waals surface area contributed by atoms with Crippen molar-refractivity contribution in [3.8, 4) is 5.75 Å². The third-order valence-electron chi connectivity index (χ3n) is 3.12. The first kappa shape index (κ1) is 16.0. The second kappa shape index (κ2) is 8.15. The molecule has 0 aromatic heterocycles. The van der Waals surface area contributed by atoms with Crippen molar-refractivity contribution in [3.05, 3.63) is 29.8 Å². The molecule has 1 aromatic carbocycles. The lowest BCUT2D eigenvalue weighted by Crippen LogP contribution is -2.44. The highest BCUT2D eigenvalue weighted by atomic mass is 16.7. The second-order valence-electron chi connectivity index (χ2n) is 4.75. The van der Waals surface area contributed by atoms with Crippen LogP contribution in [-0.4, -0.2) is 39.7 Å². The van der Waals surface area contributed by atoms with Crippen LogP contribution in [0.2, 0.25) is 0 Å². The number of rotatable bonds is 8. The van der Waals surface area contributed by atoms with Crippen LogP contribution in [0.3, 0.4) is 0 Å². The van der Waals surface area contributed by atoms with E-state index in [9.17, 15) is 0 Å².